The standard InChI is InChI=1S/C54H95NO8/c1-3-5-7-9-11-13-15-17-19-21-22-23-24-25-26-28-29-31-33-35-37-39-41-43-48(57)47(46-62-54-53(61)52(60)51(59)49(45-56)63-54)55-50(58)44-42-40-38-36-34-32-30-27-20-18-16-14-12-10-8-6-4-2/h6,8,12,14,18,20,30,32-33,35,41,43,47-49,51-54,56-57,59-61H,3-5,7,9-11,13,15-17,19,21-29,31,34,36-40,42,44-46H2,1-2H3,(H,55,58)/b8-6-,14-12-,20-18-,32-30-,35-33+,43-41+. The number of rotatable bonds is 42. The largest absolute Gasteiger partial charge is 0.394 e. The van der Waals surface area contributed by atoms with Crippen LogP contribution in [0.2, 0.25) is 0 Å². The second-order valence-electron chi connectivity index (χ2n) is 17.6. The number of aliphatic hydroxyl groups is 5. The maximum absolute atomic E-state index is 13.0. The van der Waals surface area contributed by atoms with E-state index in [0.29, 0.717) is 6.42 Å². The number of ether oxygens (including phenoxy) is 2. The van der Waals surface area contributed by atoms with E-state index in [1.807, 2.05) is 6.08 Å². The Balaban J connectivity index is 2.34. The first-order valence-corrected chi connectivity index (χ1v) is 25.7. The van der Waals surface area contributed by atoms with Crippen LogP contribution in [0.4, 0.5) is 0 Å². The number of carbonyl (C=O) groups is 1. The molecule has 1 amide bonds. The van der Waals surface area contributed by atoms with Crippen LogP contribution in [-0.2, 0) is 14.3 Å². The lowest BCUT2D eigenvalue weighted by molar-refractivity contribution is -0.302. The third-order valence-corrected chi connectivity index (χ3v) is 11.8. The Labute approximate surface area is 385 Å². The lowest BCUT2D eigenvalue weighted by atomic mass is 9.99. The van der Waals surface area contributed by atoms with Crippen molar-refractivity contribution in [3.8, 4) is 0 Å². The van der Waals surface area contributed by atoms with Gasteiger partial charge in [-0.05, 0) is 70.6 Å². The van der Waals surface area contributed by atoms with E-state index in [1.165, 1.54) is 109 Å². The van der Waals surface area contributed by atoms with Gasteiger partial charge in [0.05, 0.1) is 25.4 Å². The van der Waals surface area contributed by atoms with E-state index >= 15 is 0 Å². The fraction of sp³-hybridized carbons (Fsp3) is 0.759. The monoisotopic (exact) mass is 886 g/mol. The van der Waals surface area contributed by atoms with Crippen LogP contribution in [0.3, 0.4) is 0 Å². The second kappa shape index (κ2) is 43.5. The van der Waals surface area contributed by atoms with Crippen LogP contribution in [0, 0.1) is 0 Å². The Morgan fingerprint density at radius 3 is 1.52 bits per heavy atom. The van der Waals surface area contributed by atoms with Crippen LogP contribution in [-0.4, -0.2) is 87.5 Å². The molecule has 63 heavy (non-hydrogen) atoms. The van der Waals surface area contributed by atoms with Gasteiger partial charge < -0.3 is 40.3 Å². The molecule has 0 aromatic rings. The molecule has 0 aromatic carbocycles. The first-order valence-electron chi connectivity index (χ1n) is 25.7. The van der Waals surface area contributed by atoms with Gasteiger partial charge in [0.1, 0.15) is 24.4 Å². The van der Waals surface area contributed by atoms with Gasteiger partial charge in [-0.3, -0.25) is 4.79 Å². The zero-order chi connectivity index (χ0) is 45.9. The van der Waals surface area contributed by atoms with Crippen molar-refractivity contribution in [3.05, 3.63) is 72.9 Å². The normalized spacial score (nSPS) is 20.8. The Kier molecular flexibility index (Phi) is 40.5. The highest BCUT2D eigenvalue weighted by Crippen LogP contribution is 2.22. The molecule has 1 rings (SSSR count). The minimum atomic E-state index is -1.58. The number of nitrogens with one attached hydrogen (secondary N) is 1. The van der Waals surface area contributed by atoms with E-state index in [4.69, 9.17) is 9.47 Å². The van der Waals surface area contributed by atoms with Crippen molar-refractivity contribution in [2.24, 2.45) is 0 Å². The van der Waals surface area contributed by atoms with Crippen molar-refractivity contribution < 1.29 is 39.8 Å². The molecule has 0 aliphatic carbocycles. The summed E-state index contributed by atoms with van der Waals surface area (Å²) < 4.78 is 11.2. The fourth-order valence-electron chi connectivity index (χ4n) is 7.69. The predicted molar refractivity (Wildman–Crippen MR) is 262 cm³/mol. The average Bonchev–Trinajstić information content (AvgIpc) is 3.28. The van der Waals surface area contributed by atoms with Crippen LogP contribution < -0.4 is 5.32 Å². The molecule has 1 saturated heterocycles. The van der Waals surface area contributed by atoms with Gasteiger partial charge in [-0.25, -0.2) is 0 Å². The van der Waals surface area contributed by atoms with E-state index in [-0.39, 0.29) is 12.5 Å². The minimum absolute atomic E-state index is 0.212. The maximum atomic E-state index is 13.0. The molecule has 7 atom stereocenters. The van der Waals surface area contributed by atoms with Crippen molar-refractivity contribution >= 4 is 5.91 Å². The van der Waals surface area contributed by atoms with Crippen molar-refractivity contribution in [3.63, 3.8) is 0 Å². The second-order valence-corrected chi connectivity index (χ2v) is 17.6. The molecule has 364 valence electrons. The third-order valence-electron chi connectivity index (χ3n) is 11.8. The first-order chi connectivity index (χ1) is 30.8. The smallest absolute Gasteiger partial charge is 0.220 e. The van der Waals surface area contributed by atoms with Crippen LogP contribution >= 0.6 is 0 Å². The Morgan fingerprint density at radius 2 is 1.00 bits per heavy atom. The number of hydrogen-bond donors (Lipinski definition) is 6. The summed E-state index contributed by atoms with van der Waals surface area (Å²) in [6, 6.07) is -0.838. The molecular weight excluding hydrogens is 791 g/mol. The molecule has 1 aliphatic heterocycles. The molecule has 7 unspecified atom stereocenters. The highest BCUT2D eigenvalue weighted by atomic mass is 16.7. The number of carbonyl (C=O) groups excluding carboxylic acids is 1. The Bertz CT molecular complexity index is 1210. The van der Waals surface area contributed by atoms with Crippen LogP contribution in [0.15, 0.2) is 72.9 Å². The van der Waals surface area contributed by atoms with Gasteiger partial charge in [-0.15, -0.1) is 0 Å². The minimum Gasteiger partial charge on any atom is -0.394 e. The van der Waals surface area contributed by atoms with E-state index < -0.39 is 49.5 Å². The summed E-state index contributed by atoms with van der Waals surface area (Å²) in [6.45, 7) is 3.63. The average molecular weight is 886 g/mol. The van der Waals surface area contributed by atoms with Gasteiger partial charge in [0.25, 0.3) is 0 Å². The fourth-order valence-corrected chi connectivity index (χ4v) is 7.69. The number of unbranched alkanes of at least 4 members (excludes halogenated alkanes) is 22. The molecule has 0 bridgehead atoms. The van der Waals surface area contributed by atoms with Gasteiger partial charge in [0.15, 0.2) is 6.29 Å². The van der Waals surface area contributed by atoms with Gasteiger partial charge in [0.2, 0.25) is 5.91 Å². The molecule has 0 radical (unpaired) electrons. The number of amides is 1. The predicted octanol–water partition coefficient (Wildman–Crippen LogP) is 11.7. The summed E-state index contributed by atoms with van der Waals surface area (Å²) in [4.78, 5) is 13.0. The zero-order valence-electron chi connectivity index (χ0n) is 40.1. The van der Waals surface area contributed by atoms with Crippen LogP contribution in [0.5, 0.6) is 0 Å². The van der Waals surface area contributed by atoms with Gasteiger partial charge in [-0.2, -0.15) is 0 Å². The lowest BCUT2D eigenvalue weighted by Gasteiger charge is -2.40. The maximum Gasteiger partial charge on any atom is 0.220 e. The highest BCUT2D eigenvalue weighted by molar-refractivity contribution is 5.76. The number of allylic oxidation sites excluding steroid dienone is 11. The van der Waals surface area contributed by atoms with Crippen molar-refractivity contribution in [2.75, 3.05) is 13.2 Å². The Morgan fingerprint density at radius 1 is 0.556 bits per heavy atom. The summed E-state index contributed by atoms with van der Waals surface area (Å²) in [5.41, 5.74) is 0. The number of aliphatic hydroxyl groups excluding tert-OH is 5. The Hall–Kier alpha value is -2.37. The van der Waals surface area contributed by atoms with Gasteiger partial charge >= 0.3 is 0 Å². The SMILES string of the molecule is CC/C=C\C/C=C\C/C=C\C/C=C\CCCCCCC(=O)NC(COC1OC(CO)C(O)C(O)C1O)C(O)/C=C/CC/C=C/CCCCCCCCCCCCCCCCCCC. The molecular formula is C54H95NO8. The zero-order valence-corrected chi connectivity index (χ0v) is 40.1. The molecule has 0 saturated carbocycles. The summed E-state index contributed by atoms with van der Waals surface area (Å²) in [5, 5.41) is 54.3. The van der Waals surface area contributed by atoms with E-state index in [9.17, 15) is 30.3 Å². The molecule has 0 spiro atoms. The van der Waals surface area contributed by atoms with E-state index in [2.05, 4.69) is 79.9 Å². The van der Waals surface area contributed by atoms with Crippen molar-refractivity contribution in [1.82, 2.24) is 5.32 Å². The van der Waals surface area contributed by atoms with Crippen LogP contribution in [0.1, 0.15) is 206 Å². The number of hydrogen-bond acceptors (Lipinski definition) is 8. The summed E-state index contributed by atoms with van der Waals surface area (Å²) in [6.07, 6.45) is 52.4. The summed E-state index contributed by atoms with van der Waals surface area (Å²) in [7, 11) is 0. The first kappa shape index (κ1) is 58.6. The van der Waals surface area contributed by atoms with Crippen LogP contribution in [0.25, 0.3) is 0 Å². The quantitative estimate of drug-likeness (QED) is 0.0262. The molecule has 0 aromatic heterocycles. The molecule has 1 fully saturated rings. The van der Waals surface area contributed by atoms with Crippen molar-refractivity contribution in [1.29, 1.82) is 0 Å². The molecule has 6 N–H and O–H groups in total. The molecule has 9 heteroatoms. The topological polar surface area (TPSA) is 149 Å². The highest BCUT2D eigenvalue weighted by Gasteiger charge is 2.44. The third kappa shape index (κ3) is 33.7. The van der Waals surface area contributed by atoms with E-state index in [1.54, 1.807) is 6.08 Å². The molecule has 1 aliphatic rings. The van der Waals surface area contributed by atoms with Gasteiger partial charge in [-0.1, -0.05) is 202 Å². The lowest BCUT2D eigenvalue weighted by Crippen LogP contribution is -2.60. The summed E-state index contributed by atoms with van der Waals surface area (Å²) in [5.74, 6) is -0.212. The van der Waals surface area contributed by atoms with E-state index in [0.717, 1.165) is 77.0 Å². The summed E-state index contributed by atoms with van der Waals surface area (Å²) >= 11 is 0. The van der Waals surface area contributed by atoms with Gasteiger partial charge in [0, 0.05) is 6.42 Å². The molecule has 9 nitrogen and oxygen atoms in total. The molecule has 1 heterocycles. The van der Waals surface area contributed by atoms with Crippen molar-refractivity contribution in [2.45, 2.75) is 249 Å².